The molecule has 1 atom stereocenters. The van der Waals surface area contributed by atoms with Gasteiger partial charge in [-0.15, -0.1) is 0 Å². The summed E-state index contributed by atoms with van der Waals surface area (Å²) in [6.07, 6.45) is 1.19. The maximum Gasteiger partial charge on any atom is 0.243 e. The SMILES string of the molecule is COc1ccc(CN(C(C)=O)C(Cc2ccccc2)C(=O)NCCc2ccccc2)cc1. The Kier molecular flexibility index (Phi) is 8.44. The molecule has 0 aromatic heterocycles. The number of carbonyl (C=O) groups is 2. The molecule has 166 valence electrons. The molecule has 0 fully saturated rings. The van der Waals surface area contributed by atoms with Gasteiger partial charge in [0.15, 0.2) is 0 Å². The van der Waals surface area contributed by atoms with E-state index in [1.807, 2.05) is 84.9 Å². The molecule has 32 heavy (non-hydrogen) atoms. The number of hydrogen-bond donors (Lipinski definition) is 1. The van der Waals surface area contributed by atoms with Crippen LogP contribution in [0.2, 0.25) is 0 Å². The number of hydrogen-bond acceptors (Lipinski definition) is 3. The Hall–Kier alpha value is -3.60. The van der Waals surface area contributed by atoms with Crippen molar-refractivity contribution in [2.45, 2.75) is 32.4 Å². The summed E-state index contributed by atoms with van der Waals surface area (Å²) in [5.74, 6) is 0.469. The average molecular weight is 431 g/mol. The molecule has 0 aliphatic carbocycles. The van der Waals surface area contributed by atoms with Gasteiger partial charge in [0.2, 0.25) is 11.8 Å². The molecule has 2 amide bonds. The van der Waals surface area contributed by atoms with Crippen molar-refractivity contribution in [3.05, 3.63) is 102 Å². The topological polar surface area (TPSA) is 58.6 Å². The lowest BCUT2D eigenvalue weighted by Crippen LogP contribution is -2.50. The van der Waals surface area contributed by atoms with Crippen LogP contribution in [0.25, 0.3) is 0 Å². The highest BCUT2D eigenvalue weighted by Gasteiger charge is 2.28. The second-order valence-electron chi connectivity index (χ2n) is 7.73. The molecule has 0 spiro atoms. The van der Waals surface area contributed by atoms with Crippen LogP contribution in [0.4, 0.5) is 0 Å². The van der Waals surface area contributed by atoms with Crippen LogP contribution in [0.15, 0.2) is 84.9 Å². The normalized spacial score (nSPS) is 11.4. The fraction of sp³-hybridized carbons (Fsp3) is 0.259. The maximum absolute atomic E-state index is 13.2. The highest BCUT2D eigenvalue weighted by Crippen LogP contribution is 2.17. The van der Waals surface area contributed by atoms with Crippen molar-refractivity contribution in [2.75, 3.05) is 13.7 Å². The van der Waals surface area contributed by atoms with Crippen LogP contribution < -0.4 is 10.1 Å². The molecule has 0 saturated heterocycles. The highest BCUT2D eigenvalue weighted by molar-refractivity contribution is 5.87. The van der Waals surface area contributed by atoms with E-state index in [0.717, 1.165) is 28.9 Å². The van der Waals surface area contributed by atoms with Gasteiger partial charge in [0.1, 0.15) is 11.8 Å². The Morgan fingerprint density at radius 3 is 2.00 bits per heavy atom. The van der Waals surface area contributed by atoms with Crippen LogP contribution in [0, 0.1) is 0 Å². The quantitative estimate of drug-likeness (QED) is 0.529. The van der Waals surface area contributed by atoms with Crippen molar-refractivity contribution in [2.24, 2.45) is 0 Å². The lowest BCUT2D eigenvalue weighted by Gasteiger charge is -2.30. The van der Waals surface area contributed by atoms with Crippen molar-refractivity contribution < 1.29 is 14.3 Å². The van der Waals surface area contributed by atoms with E-state index in [1.54, 1.807) is 12.0 Å². The molecule has 5 nitrogen and oxygen atoms in total. The predicted molar refractivity (Wildman–Crippen MR) is 126 cm³/mol. The van der Waals surface area contributed by atoms with Gasteiger partial charge in [-0.3, -0.25) is 9.59 Å². The van der Waals surface area contributed by atoms with Gasteiger partial charge in [-0.05, 0) is 35.2 Å². The largest absolute Gasteiger partial charge is 0.497 e. The van der Waals surface area contributed by atoms with Gasteiger partial charge < -0.3 is 15.0 Å². The van der Waals surface area contributed by atoms with Crippen LogP contribution in [0.1, 0.15) is 23.6 Å². The van der Waals surface area contributed by atoms with Crippen LogP contribution >= 0.6 is 0 Å². The molecule has 0 aliphatic rings. The van der Waals surface area contributed by atoms with E-state index >= 15 is 0 Å². The summed E-state index contributed by atoms with van der Waals surface area (Å²) in [5.41, 5.74) is 3.11. The fourth-order valence-corrected chi connectivity index (χ4v) is 3.64. The summed E-state index contributed by atoms with van der Waals surface area (Å²) in [7, 11) is 1.62. The average Bonchev–Trinajstić information content (AvgIpc) is 2.83. The third-order valence-electron chi connectivity index (χ3n) is 5.42. The van der Waals surface area contributed by atoms with Crippen molar-refractivity contribution in [3.8, 4) is 5.75 Å². The molecule has 0 heterocycles. The van der Waals surface area contributed by atoms with Crippen LogP contribution in [0.5, 0.6) is 5.75 Å². The van der Waals surface area contributed by atoms with E-state index in [4.69, 9.17) is 4.74 Å². The number of methoxy groups -OCH3 is 1. The molecule has 0 radical (unpaired) electrons. The van der Waals surface area contributed by atoms with Crippen molar-refractivity contribution in [3.63, 3.8) is 0 Å². The lowest BCUT2D eigenvalue weighted by molar-refractivity contribution is -0.139. The van der Waals surface area contributed by atoms with Gasteiger partial charge in [-0.25, -0.2) is 0 Å². The third-order valence-corrected chi connectivity index (χ3v) is 5.42. The van der Waals surface area contributed by atoms with Crippen LogP contribution in [-0.4, -0.2) is 36.4 Å². The summed E-state index contributed by atoms with van der Waals surface area (Å²) in [6, 6.07) is 26.8. The molecule has 3 aromatic rings. The van der Waals surface area contributed by atoms with Crippen molar-refractivity contribution in [1.82, 2.24) is 10.2 Å². The number of nitrogens with zero attached hydrogens (tertiary/aromatic N) is 1. The first kappa shape index (κ1) is 23.1. The summed E-state index contributed by atoms with van der Waals surface area (Å²) in [6.45, 7) is 2.38. The molecule has 0 bridgehead atoms. The van der Waals surface area contributed by atoms with Gasteiger partial charge in [0, 0.05) is 26.4 Å². The molecule has 3 aromatic carbocycles. The van der Waals surface area contributed by atoms with Crippen molar-refractivity contribution in [1.29, 1.82) is 0 Å². The first-order chi connectivity index (χ1) is 15.6. The minimum absolute atomic E-state index is 0.139. The van der Waals surface area contributed by atoms with Crippen LogP contribution in [-0.2, 0) is 29.0 Å². The maximum atomic E-state index is 13.2. The number of carbonyl (C=O) groups excluding carboxylic acids is 2. The molecule has 1 unspecified atom stereocenters. The summed E-state index contributed by atoms with van der Waals surface area (Å²) in [5, 5.41) is 3.04. The first-order valence-electron chi connectivity index (χ1n) is 10.8. The zero-order valence-corrected chi connectivity index (χ0v) is 18.7. The molecule has 3 rings (SSSR count). The second-order valence-corrected chi connectivity index (χ2v) is 7.73. The number of nitrogens with one attached hydrogen (secondary N) is 1. The van der Waals surface area contributed by atoms with Crippen molar-refractivity contribution >= 4 is 11.8 Å². The lowest BCUT2D eigenvalue weighted by atomic mass is 10.0. The van der Waals surface area contributed by atoms with Gasteiger partial charge in [-0.1, -0.05) is 72.8 Å². The summed E-state index contributed by atoms with van der Waals surface area (Å²) >= 11 is 0. The smallest absolute Gasteiger partial charge is 0.243 e. The van der Waals surface area contributed by atoms with E-state index in [-0.39, 0.29) is 11.8 Å². The molecular formula is C27H30N2O3. The first-order valence-corrected chi connectivity index (χ1v) is 10.8. The monoisotopic (exact) mass is 430 g/mol. The van der Waals surface area contributed by atoms with Gasteiger partial charge in [0.25, 0.3) is 0 Å². The number of amides is 2. The second kappa shape index (κ2) is 11.7. The minimum atomic E-state index is -0.604. The zero-order chi connectivity index (χ0) is 22.8. The Balaban J connectivity index is 1.76. The molecule has 0 aliphatic heterocycles. The van der Waals surface area contributed by atoms with E-state index < -0.39 is 6.04 Å². The Morgan fingerprint density at radius 2 is 1.44 bits per heavy atom. The number of benzene rings is 3. The standard InChI is InChI=1S/C27H30N2O3/c1-21(30)29(20-24-13-15-25(32-2)16-14-24)26(19-23-11-7-4-8-12-23)27(31)28-18-17-22-9-5-3-6-10-22/h3-16,26H,17-20H2,1-2H3,(H,28,31). The molecular weight excluding hydrogens is 400 g/mol. The molecule has 5 heteroatoms. The minimum Gasteiger partial charge on any atom is -0.497 e. The Morgan fingerprint density at radius 1 is 0.844 bits per heavy atom. The zero-order valence-electron chi connectivity index (χ0n) is 18.7. The van der Waals surface area contributed by atoms with Gasteiger partial charge >= 0.3 is 0 Å². The van der Waals surface area contributed by atoms with E-state index in [0.29, 0.717) is 19.5 Å². The fourth-order valence-electron chi connectivity index (χ4n) is 3.64. The van der Waals surface area contributed by atoms with E-state index in [9.17, 15) is 9.59 Å². The molecule has 1 N–H and O–H groups in total. The van der Waals surface area contributed by atoms with Gasteiger partial charge in [-0.2, -0.15) is 0 Å². The molecule has 0 saturated carbocycles. The highest BCUT2D eigenvalue weighted by atomic mass is 16.5. The third kappa shape index (κ3) is 6.71. The van der Waals surface area contributed by atoms with E-state index in [1.165, 1.54) is 6.92 Å². The summed E-state index contributed by atoms with van der Waals surface area (Å²) in [4.78, 5) is 27.5. The van der Waals surface area contributed by atoms with E-state index in [2.05, 4.69) is 5.32 Å². The van der Waals surface area contributed by atoms with Crippen LogP contribution in [0.3, 0.4) is 0 Å². The Bertz CT molecular complexity index is 988. The Labute approximate surface area is 190 Å². The predicted octanol–water partition coefficient (Wildman–Crippen LogP) is 4.01. The number of rotatable bonds is 10. The van der Waals surface area contributed by atoms with Gasteiger partial charge in [0.05, 0.1) is 7.11 Å². The summed E-state index contributed by atoms with van der Waals surface area (Å²) < 4.78 is 5.22. The number of ether oxygens (including phenoxy) is 1.